The molecule has 6 heteroatoms. The summed E-state index contributed by atoms with van der Waals surface area (Å²) in [6, 6.07) is 0. The van der Waals surface area contributed by atoms with Gasteiger partial charge in [0.05, 0.1) is 7.11 Å². The van der Waals surface area contributed by atoms with Crippen molar-refractivity contribution in [3.8, 4) is 0 Å². The summed E-state index contributed by atoms with van der Waals surface area (Å²) in [6.07, 6.45) is -1.68. The molecule has 0 saturated carbocycles. The first-order valence-corrected chi connectivity index (χ1v) is 4.28. The Balaban J connectivity index is 3.71. The number of hydrogen-bond donors (Lipinski definition) is 2. The third-order valence-electron chi connectivity index (χ3n) is 1.68. The van der Waals surface area contributed by atoms with Gasteiger partial charge in [-0.15, -0.1) is 0 Å². The highest BCUT2D eigenvalue weighted by atomic mass is 16.6. The lowest BCUT2D eigenvalue weighted by Crippen LogP contribution is -2.43. The summed E-state index contributed by atoms with van der Waals surface area (Å²) in [6.45, 7) is 5.61. The maximum absolute atomic E-state index is 11.0. The monoisotopic (exact) mass is 204 g/mol. The maximum atomic E-state index is 11.0. The lowest BCUT2D eigenvalue weighted by molar-refractivity contribution is 0.0775. The van der Waals surface area contributed by atoms with Gasteiger partial charge in [0, 0.05) is 0 Å². The molecule has 0 unspecified atom stereocenters. The first kappa shape index (κ1) is 12.5. The SMILES string of the molecule is COC(=O)NNC(=O)O[C@H](C)C(C)C. The molecule has 0 bridgehead atoms. The van der Waals surface area contributed by atoms with Gasteiger partial charge in [-0.1, -0.05) is 13.8 Å². The van der Waals surface area contributed by atoms with Crippen LogP contribution in [0.3, 0.4) is 0 Å². The van der Waals surface area contributed by atoms with Gasteiger partial charge in [-0.2, -0.15) is 0 Å². The average molecular weight is 204 g/mol. The minimum absolute atomic E-state index is 0.213. The number of carbonyl (C=O) groups is 2. The Hall–Kier alpha value is -1.46. The average Bonchev–Trinajstić information content (AvgIpc) is 2.13. The van der Waals surface area contributed by atoms with Crippen molar-refractivity contribution < 1.29 is 19.1 Å². The zero-order valence-electron chi connectivity index (χ0n) is 8.79. The standard InChI is InChI=1S/C8H16N2O4/c1-5(2)6(3)14-8(12)10-9-7(11)13-4/h5-6H,1-4H3,(H,9,11)(H,10,12)/t6-/m1/s1. The van der Waals surface area contributed by atoms with Crippen LogP contribution in [0.4, 0.5) is 9.59 Å². The zero-order valence-corrected chi connectivity index (χ0v) is 8.79. The van der Waals surface area contributed by atoms with Crippen LogP contribution in [0, 0.1) is 5.92 Å². The van der Waals surface area contributed by atoms with Crippen molar-refractivity contribution >= 4 is 12.2 Å². The Bertz CT molecular complexity index is 206. The molecular weight excluding hydrogens is 188 g/mol. The molecule has 0 aliphatic carbocycles. The predicted octanol–water partition coefficient (Wildman–Crippen LogP) is 1.03. The normalized spacial score (nSPS) is 11.8. The number of rotatable bonds is 2. The molecule has 0 aromatic rings. The van der Waals surface area contributed by atoms with E-state index < -0.39 is 12.2 Å². The Morgan fingerprint density at radius 2 is 1.57 bits per heavy atom. The zero-order chi connectivity index (χ0) is 11.1. The molecule has 0 radical (unpaired) electrons. The number of hydrogen-bond acceptors (Lipinski definition) is 4. The van der Waals surface area contributed by atoms with Crippen LogP contribution in [0.25, 0.3) is 0 Å². The summed E-state index contributed by atoms with van der Waals surface area (Å²) in [4.78, 5) is 21.5. The molecule has 0 aliphatic heterocycles. The number of carbonyl (C=O) groups excluding carboxylic acids is 2. The van der Waals surface area contributed by atoms with Crippen molar-refractivity contribution in [1.29, 1.82) is 0 Å². The number of hydrazine groups is 1. The van der Waals surface area contributed by atoms with Gasteiger partial charge in [-0.05, 0) is 12.8 Å². The molecule has 0 rings (SSSR count). The topological polar surface area (TPSA) is 76.7 Å². The number of methoxy groups -OCH3 is 1. The van der Waals surface area contributed by atoms with Crippen LogP contribution < -0.4 is 10.9 Å². The smallest absolute Gasteiger partial charge is 0.426 e. The summed E-state index contributed by atoms with van der Waals surface area (Å²) >= 11 is 0. The highest BCUT2D eigenvalue weighted by Gasteiger charge is 2.12. The molecule has 0 spiro atoms. The van der Waals surface area contributed by atoms with Crippen molar-refractivity contribution in [3.63, 3.8) is 0 Å². The molecule has 1 atom stereocenters. The van der Waals surface area contributed by atoms with Gasteiger partial charge in [-0.3, -0.25) is 0 Å². The molecule has 6 nitrogen and oxygen atoms in total. The van der Waals surface area contributed by atoms with Gasteiger partial charge >= 0.3 is 12.2 Å². The van der Waals surface area contributed by atoms with Crippen LogP contribution >= 0.6 is 0 Å². The second-order valence-corrected chi connectivity index (χ2v) is 3.10. The molecule has 0 saturated heterocycles. The quantitative estimate of drug-likeness (QED) is 0.658. The summed E-state index contributed by atoms with van der Waals surface area (Å²) in [5.74, 6) is 0.221. The molecule has 0 fully saturated rings. The fraction of sp³-hybridized carbons (Fsp3) is 0.750. The predicted molar refractivity (Wildman–Crippen MR) is 49.5 cm³/mol. The van der Waals surface area contributed by atoms with Crippen LogP contribution in [0.1, 0.15) is 20.8 Å². The van der Waals surface area contributed by atoms with E-state index in [1.54, 1.807) is 6.92 Å². The van der Waals surface area contributed by atoms with E-state index in [0.29, 0.717) is 0 Å². The van der Waals surface area contributed by atoms with Crippen LogP contribution in [-0.4, -0.2) is 25.4 Å². The molecule has 0 heterocycles. The van der Waals surface area contributed by atoms with E-state index in [4.69, 9.17) is 4.74 Å². The second-order valence-electron chi connectivity index (χ2n) is 3.10. The van der Waals surface area contributed by atoms with Gasteiger partial charge in [0.15, 0.2) is 0 Å². The molecule has 2 N–H and O–H groups in total. The Morgan fingerprint density at radius 3 is 2.00 bits per heavy atom. The van der Waals surface area contributed by atoms with Gasteiger partial charge < -0.3 is 9.47 Å². The van der Waals surface area contributed by atoms with Gasteiger partial charge in [0.25, 0.3) is 0 Å². The highest BCUT2D eigenvalue weighted by molar-refractivity contribution is 5.73. The van der Waals surface area contributed by atoms with Gasteiger partial charge in [0.1, 0.15) is 6.10 Å². The molecule has 82 valence electrons. The van der Waals surface area contributed by atoms with E-state index >= 15 is 0 Å². The van der Waals surface area contributed by atoms with Crippen LogP contribution in [-0.2, 0) is 9.47 Å². The first-order chi connectivity index (χ1) is 6.47. The van der Waals surface area contributed by atoms with E-state index in [-0.39, 0.29) is 12.0 Å². The summed E-state index contributed by atoms with van der Waals surface area (Å²) in [7, 11) is 1.19. The van der Waals surface area contributed by atoms with Crippen LogP contribution in [0.2, 0.25) is 0 Å². The second kappa shape index (κ2) is 6.06. The summed E-state index contributed by atoms with van der Waals surface area (Å²) < 4.78 is 9.12. The fourth-order valence-corrected chi connectivity index (χ4v) is 0.487. The van der Waals surface area contributed by atoms with Gasteiger partial charge in [0.2, 0.25) is 0 Å². The maximum Gasteiger partial charge on any atom is 0.426 e. The summed E-state index contributed by atoms with van der Waals surface area (Å²) in [5, 5.41) is 0. The van der Waals surface area contributed by atoms with Crippen molar-refractivity contribution in [1.82, 2.24) is 10.9 Å². The Labute approximate surface area is 82.9 Å². The third kappa shape index (κ3) is 5.23. The minimum atomic E-state index is -0.751. The molecular formula is C8H16N2O4. The van der Waals surface area contributed by atoms with E-state index in [2.05, 4.69) is 4.74 Å². The molecule has 0 aromatic heterocycles. The van der Waals surface area contributed by atoms with Crippen molar-refractivity contribution in [3.05, 3.63) is 0 Å². The molecule has 2 amide bonds. The summed E-state index contributed by atoms with van der Waals surface area (Å²) in [5.41, 5.74) is 4.02. The first-order valence-electron chi connectivity index (χ1n) is 4.28. The van der Waals surface area contributed by atoms with E-state index in [0.717, 1.165) is 0 Å². The Morgan fingerprint density at radius 1 is 1.07 bits per heavy atom. The van der Waals surface area contributed by atoms with E-state index in [9.17, 15) is 9.59 Å². The van der Waals surface area contributed by atoms with Crippen molar-refractivity contribution in [2.45, 2.75) is 26.9 Å². The number of amides is 2. The van der Waals surface area contributed by atoms with Crippen molar-refractivity contribution in [2.24, 2.45) is 5.92 Å². The van der Waals surface area contributed by atoms with Crippen LogP contribution in [0.15, 0.2) is 0 Å². The highest BCUT2D eigenvalue weighted by Crippen LogP contribution is 2.04. The van der Waals surface area contributed by atoms with Gasteiger partial charge in [-0.25, -0.2) is 20.4 Å². The number of nitrogens with one attached hydrogen (secondary N) is 2. The van der Waals surface area contributed by atoms with Crippen LogP contribution in [0.5, 0.6) is 0 Å². The molecule has 14 heavy (non-hydrogen) atoms. The number of ether oxygens (including phenoxy) is 2. The fourth-order valence-electron chi connectivity index (χ4n) is 0.487. The molecule has 0 aliphatic rings. The van der Waals surface area contributed by atoms with E-state index in [1.807, 2.05) is 24.7 Å². The lowest BCUT2D eigenvalue weighted by Gasteiger charge is -2.16. The van der Waals surface area contributed by atoms with E-state index in [1.165, 1.54) is 7.11 Å². The minimum Gasteiger partial charge on any atom is -0.452 e. The van der Waals surface area contributed by atoms with Crippen molar-refractivity contribution in [2.75, 3.05) is 7.11 Å². The third-order valence-corrected chi connectivity index (χ3v) is 1.68. The lowest BCUT2D eigenvalue weighted by atomic mass is 10.1. The largest absolute Gasteiger partial charge is 0.452 e. The molecule has 0 aromatic carbocycles. The Kier molecular flexibility index (Phi) is 5.43.